The van der Waals surface area contributed by atoms with Crippen molar-refractivity contribution in [1.82, 2.24) is 0 Å². The molecule has 0 bridgehead atoms. The maximum absolute atomic E-state index is 12.5. The Morgan fingerprint density at radius 3 is 2.41 bits per heavy atom. The van der Waals surface area contributed by atoms with Gasteiger partial charge in [0, 0.05) is 19.4 Å². The molecule has 0 radical (unpaired) electrons. The number of carbonyl (C=O) groups excluding carboxylic acids is 4. The summed E-state index contributed by atoms with van der Waals surface area (Å²) in [5.74, 6) is -2.96. The monoisotopic (exact) mass is 404 g/mol. The molecule has 0 spiro atoms. The number of phenolic OH excluding ortho intramolecular Hbond substituents is 1. The van der Waals surface area contributed by atoms with E-state index in [2.05, 4.69) is 0 Å². The zero-order valence-electron chi connectivity index (χ0n) is 15.9. The number of benzene rings is 1. The van der Waals surface area contributed by atoms with Crippen molar-refractivity contribution in [2.24, 2.45) is 5.92 Å². The Morgan fingerprint density at radius 2 is 1.79 bits per heavy atom. The van der Waals surface area contributed by atoms with E-state index >= 15 is 0 Å². The maximum atomic E-state index is 12.5. The van der Waals surface area contributed by atoms with E-state index in [9.17, 15) is 24.3 Å². The zero-order valence-corrected chi connectivity index (χ0v) is 15.9. The predicted octanol–water partition coefficient (Wildman–Crippen LogP) is 1.29. The van der Waals surface area contributed by atoms with Crippen LogP contribution < -0.4 is 0 Å². The molecule has 1 saturated heterocycles. The first-order chi connectivity index (χ1) is 13.7. The van der Waals surface area contributed by atoms with Crippen LogP contribution in [0, 0.1) is 5.92 Å². The molecule has 29 heavy (non-hydrogen) atoms. The number of aromatic hydroxyl groups is 1. The predicted molar refractivity (Wildman–Crippen MR) is 95.6 cm³/mol. The van der Waals surface area contributed by atoms with Crippen LogP contribution in [0.2, 0.25) is 0 Å². The summed E-state index contributed by atoms with van der Waals surface area (Å²) in [7, 11) is 0. The molecule has 9 heteroatoms. The average Bonchev–Trinajstić information content (AvgIpc) is 3.12. The maximum Gasteiger partial charge on any atom is 0.338 e. The molecule has 1 aromatic carbocycles. The summed E-state index contributed by atoms with van der Waals surface area (Å²) in [5.41, 5.74) is -0.772. The molecule has 1 aliphatic carbocycles. The summed E-state index contributed by atoms with van der Waals surface area (Å²) >= 11 is 0. The fourth-order valence-corrected chi connectivity index (χ4v) is 3.50. The van der Waals surface area contributed by atoms with Crippen LogP contribution in [0.15, 0.2) is 35.9 Å². The summed E-state index contributed by atoms with van der Waals surface area (Å²) < 4.78 is 21.2. The van der Waals surface area contributed by atoms with E-state index in [0.717, 1.165) is 0 Å². The standard InChI is InChI=1S/C20H20O9/c1-11(21)26-9-14-7-17(28-19(25)13-3-5-15(23)6-4-13)16-8-18(24)29-20(14,16)10-27-12(2)22/h3-7,16-17,23H,8-10H2,1-2H3/t16-,17+,20+/m0/s1. The highest BCUT2D eigenvalue weighted by Crippen LogP contribution is 2.48. The minimum Gasteiger partial charge on any atom is -0.508 e. The van der Waals surface area contributed by atoms with Crippen molar-refractivity contribution in [3.05, 3.63) is 41.5 Å². The number of ether oxygens (including phenoxy) is 4. The first-order valence-corrected chi connectivity index (χ1v) is 8.91. The van der Waals surface area contributed by atoms with Crippen molar-refractivity contribution in [3.8, 4) is 5.75 Å². The van der Waals surface area contributed by atoms with Crippen molar-refractivity contribution in [2.75, 3.05) is 13.2 Å². The molecule has 1 aromatic rings. The third-order valence-corrected chi connectivity index (χ3v) is 4.85. The molecule has 1 fully saturated rings. The minimum absolute atomic E-state index is 0.00108. The lowest BCUT2D eigenvalue weighted by molar-refractivity contribution is -0.161. The lowest BCUT2D eigenvalue weighted by atomic mass is 9.85. The van der Waals surface area contributed by atoms with Gasteiger partial charge in [-0.15, -0.1) is 0 Å². The second-order valence-electron chi connectivity index (χ2n) is 6.84. The fourth-order valence-electron chi connectivity index (χ4n) is 3.50. The van der Waals surface area contributed by atoms with Crippen LogP contribution in [0.4, 0.5) is 0 Å². The molecular weight excluding hydrogens is 384 g/mol. The SMILES string of the molecule is CC(=O)OCC1=C[C@@H](OC(=O)c2ccc(O)cc2)[C@@H]2CC(=O)O[C@]12COC(C)=O. The third-order valence-electron chi connectivity index (χ3n) is 4.85. The second-order valence-corrected chi connectivity index (χ2v) is 6.84. The van der Waals surface area contributed by atoms with Gasteiger partial charge in [0.05, 0.1) is 17.9 Å². The smallest absolute Gasteiger partial charge is 0.338 e. The molecule has 9 nitrogen and oxygen atoms in total. The number of esters is 4. The van der Waals surface area contributed by atoms with Gasteiger partial charge in [-0.05, 0) is 30.3 Å². The molecule has 2 aliphatic rings. The normalized spacial score (nSPS) is 24.9. The quantitative estimate of drug-likeness (QED) is 0.424. The van der Waals surface area contributed by atoms with Crippen LogP contribution in [0.1, 0.15) is 30.6 Å². The van der Waals surface area contributed by atoms with Gasteiger partial charge in [-0.25, -0.2) is 4.79 Å². The highest BCUT2D eigenvalue weighted by Gasteiger charge is 2.60. The van der Waals surface area contributed by atoms with Crippen LogP contribution in [0.3, 0.4) is 0 Å². The molecule has 0 amide bonds. The van der Waals surface area contributed by atoms with E-state index in [1.165, 1.54) is 38.1 Å². The van der Waals surface area contributed by atoms with E-state index < -0.39 is 41.5 Å². The largest absolute Gasteiger partial charge is 0.508 e. The molecule has 3 atom stereocenters. The van der Waals surface area contributed by atoms with Crippen LogP contribution in [0.25, 0.3) is 0 Å². The van der Waals surface area contributed by atoms with Gasteiger partial charge >= 0.3 is 23.9 Å². The van der Waals surface area contributed by atoms with Crippen molar-refractivity contribution >= 4 is 23.9 Å². The number of carbonyl (C=O) groups is 4. The molecule has 0 saturated carbocycles. The van der Waals surface area contributed by atoms with Gasteiger partial charge in [0.15, 0.2) is 5.60 Å². The number of hydrogen-bond donors (Lipinski definition) is 1. The van der Waals surface area contributed by atoms with Crippen molar-refractivity contribution < 1.29 is 43.2 Å². The summed E-state index contributed by atoms with van der Waals surface area (Å²) in [6.07, 6.45) is 0.639. The van der Waals surface area contributed by atoms with E-state index in [-0.39, 0.29) is 30.9 Å². The molecule has 1 N–H and O–H groups in total. The first-order valence-electron chi connectivity index (χ1n) is 8.91. The second kappa shape index (κ2) is 7.94. The van der Waals surface area contributed by atoms with Gasteiger partial charge in [-0.2, -0.15) is 0 Å². The summed E-state index contributed by atoms with van der Waals surface area (Å²) in [6, 6.07) is 5.50. The minimum atomic E-state index is -1.36. The number of phenols is 1. The lowest BCUT2D eigenvalue weighted by Gasteiger charge is -2.31. The summed E-state index contributed by atoms with van der Waals surface area (Å²) in [6.45, 7) is 1.97. The fraction of sp³-hybridized carbons (Fsp3) is 0.400. The zero-order chi connectivity index (χ0) is 21.2. The van der Waals surface area contributed by atoms with E-state index in [4.69, 9.17) is 18.9 Å². The van der Waals surface area contributed by atoms with Crippen molar-refractivity contribution in [3.63, 3.8) is 0 Å². The Kier molecular flexibility index (Phi) is 5.58. The number of fused-ring (bicyclic) bond motifs is 1. The molecule has 3 rings (SSSR count). The van der Waals surface area contributed by atoms with Crippen LogP contribution in [-0.4, -0.2) is 53.9 Å². The Morgan fingerprint density at radius 1 is 1.14 bits per heavy atom. The summed E-state index contributed by atoms with van der Waals surface area (Å²) in [5, 5.41) is 9.35. The molecule has 1 heterocycles. The van der Waals surface area contributed by atoms with Gasteiger partial charge in [-0.1, -0.05) is 0 Å². The van der Waals surface area contributed by atoms with E-state index in [1.54, 1.807) is 6.08 Å². The third kappa shape index (κ3) is 4.23. The van der Waals surface area contributed by atoms with Gasteiger partial charge in [0.2, 0.25) is 0 Å². The Labute approximate surface area is 166 Å². The number of hydrogen-bond acceptors (Lipinski definition) is 9. The number of rotatable bonds is 6. The van der Waals surface area contributed by atoms with Gasteiger partial charge < -0.3 is 24.1 Å². The van der Waals surface area contributed by atoms with E-state index in [0.29, 0.717) is 5.57 Å². The highest BCUT2D eigenvalue weighted by atomic mass is 16.6. The van der Waals surface area contributed by atoms with Gasteiger partial charge in [-0.3, -0.25) is 14.4 Å². The van der Waals surface area contributed by atoms with Crippen LogP contribution in [0.5, 0.6) is 5.75 Å². The van der Waals surface area contributed by atoms with Gasteiger partial charge in [0.1, 0.15) is 25.1 Å². The topological polar surface area (TPSA) is 125 Å². The lowest BCUT2D eigenvalue weighted by Crippen LogP contribution is -2.44. The van der Waals surface area contributed by atoms with Crippen molar-refractivity contribution in [2.45, 2.75) is 32.0 Å². The first kappa shape index (κ1) is 20.4. The molecule has 1 aliphatic heterocycles. The molecule has 0 aromatic heterocycles. The molecule has 0 unspecified atom stereocenters. The van der Waals surface area contributed by atoms with Crippen LogP contribution >= 0.6 is 0 Å². The highest BCUT2D eigenvalue weighted by molar-refractivity contribution is 5.90. The molecule has 154 valence electrons. The van der Waals surface area contributed by atoms with Crippen molar-refractivity contribution in [1.29, 1.82) is 0 Å². The average molecular weight is 404 g/mol. The Bertz CT molecular complexity index is 870. The van der Waals surface area contributed by atoms with E-state index in [1.807, 2.05) is 0 Å². The Hall–Kier alpha value is -3.36. The molecular formula is C20H20O9. The van der Waals surface area contributed by atoms with Gasteiger partial charge in [0.25, 0.3) is 0 Å². The summed E-state index contributed by atoms with van der Waals surface area (Å²) in [4.78, 5) is 47.1. The Balaban J connectivity index is 1.87. The van der Waals surface area contributed by atoms with Crippen LogP contribution in [-0.2, 0) is 33.3 Å².